The van der Waals surface area contributed by atoms with E-state index in [4.69, 9.17) is 0 Å². The molecule has 8 heteroatoms. The van der Waals surface area contributed by atoms with Crippen LogP contribution in [0.3, 0.4) is 0 Å². The summed E-state index contributed by atoms with van der Waals surface area (Å²) >= 11 is 0. The lowest BCUT2D eigenvalue weighted by Crippen LogP contribution is -2.54. The molecule has 0 saturated carbocycles. The molecule has 23 heavy (non-hydrogen) atoms. The fourth-order valence-corrected chi connectivity index (χ4v) is 3.67. The van der Waals surface area contributed by atoms with E-state index in [0.29, 0.717) is 12.2 Å². The quantitative estimate of drug-likeness (QED) is 0.798. The van der Waals surface area contributed by atoms with Crippen LogP contribution >= 0.6 is 0 Å². The average molecular weight is 340 g/mol. The third kappa shape index (κ3) is 5.00. The smallest absolute Gasteiger partial charge is 0.240 e. The number of hydrogen-bond donors (Lipinski definition) is 2. The van der Waals surface area contributed by atoms with Gasteiger partial charge in [-0.05, 0) is 32.3 Å². The van der Waals surface area contributed by atoms with Crippen LogP contribution in [-0.4, -0.2) is 70.4 Å². The summed E-state index contributed by atoms with van der Waals surface area (Å²) in [6, 6.07) is 6.39. The van der Waals surface area contributed by atoms with E-state index in [-0.39, 0.29) is 16.8 Å². The second kappa shape index (κ2) is 7.39. The normalized spacial score (nSPS) is 20.4. The zero-order valence-corrected chi connectivity index (χ0v) is 14.6. The van der Waals surface area contributed by atoms with Gasteiger partial charge in [0.05, 0.1) is 4.90 Å². The number of anilines is 1. The van der Waals surface area contributed by atoms with E-state index in [2.05, 4.69) is 19.8 Å². The first kappa shape index (κ1) is 17.9. The summed E-state index contributed by atoms with van der Waals surface area (Å²) in [7, 11) is 0.431. The first-order valence-electron chi connectivity index (χ1n) is 7.54. The molecule has 1 aromatic rings. The number of rotatable bonds is 5. The number of nitrogens with one attached hydrogen (secondary N) is 2. The van der Waals surface area contributed by atoms with Crippen molar-refractivity contribution in [1.82, 2.24) is 14.5 Å². The maximum atomic E-state index is 12.4. The highest BCUT2D eigenvalue weighted by molar-refractivity contribution is 7.89. The summed E-state index contributed by atoms with van der Waals surface area (Å²) in [4.78, 5) is 15.6. The molecule has 0 spiro atoms. The number of carbonyl (C=O) groups excluding carboxylic acids is 1. The van der Waals surface area contributed by atoms with Gasteiger partial charge in [0.15, 0.2) is 0 Å². The zero-order chi connectivity index (χ0) is 17.0. The van der Waals surface area contributed by atoms with Gasteiger partial charge in [-0.3, -0.25) is 9.69 Å². The number of nitrogens with zero attached hydrogens (tertiary/aromatic N) is 2. The Morgan fingerprint density at radius 3 is 2.74 bits per heavy atom. The van der Waals surface area contributed by atoms with E-state index in [1.165, 1.54) is 19.1 Å². The maximum absolute atomic E-state index is 12.4. The number of amides is 1. The van der Waals surface area contributed by atoms with Crippen molar-refractivity contribution in [3.8, 4) is 0 Å². The van der Waals surface area contributed by atoms with Crippen LogP contribution in [0.15, 0.2) is 29.2 Å². The van der Waals surface area contributed by atoms with Crippen molar-refractivity contribution in [2.75, 3.05) is 45.6 Å². The number of sulfonamides is 1. The molecule has 1 aliphatic heterocycles. The predicted octanol–water partition coefficient (Wildman–Crippen LogP) is 0.169. The van der Waals surface area contributed by atoms with Crippen LogP contribution in [0.1, 0.15) is 6.92 Å². The molecule has 0 aromatic heterocycles. The molecular weight excluding hydrogens is 316 g/mol. The van der Waals surface area contributed by atoms with Crippen LogP contribution in [0.5, 0.6) is 0 Å². The molecule has 1 atom stereocenters. The summed E-state index contributed by atoms with van der Waals surface area (Å²) < 4.78 is 27.6. The van der Waals surface area contributed by atoms with E-state index in [9.17, 15) is 13.2 Å². The standard InChI is InChI=1S/C15H24N4O3S/c1-12(20)17-13-5-4-6-15(9-13)23(21,22)16-10-14-11-18(2)7-8-19(14)3/h4-6,9,14,16H,7-8,10-11H2,1-3H3,(H,17,20). The third-order valence-electron chi connectivity index (χ3n) is 3.95. The van der Waals surface area contributed by atoms with Crippen molar-refractivity contribution < 1.29 is 13.2 Å². The molecule has 0 bridgehead atoms. The molecule has 2 rings (SSSR count). The van der Waals surface area contributed by atoms with Crippen LogP contribution < -0.4 is 10.0 Å². The van der Waals surface area contributed by atoms with Gasteiger partial charge in [0.1, 0.15) is 0 Å². The van der Waals surface area contributed by atoms with Crippen molar-refractivity contribution in [2.45, 2.75) is 17.9 Å². The minimum Gasteiger partial charge on any atom is -0.326 e. The second-order valence-corrected chi connectivity index (χ2v) is 7.72. The highest BCUT2D eigenvalue weighted by Gasteiger charge is 2.24. The fourth-order valence-electron chi connectivity index (χ4n) is 2.56. The molecule has 0 radical (unpaired) electrons. The van der Waals surface area contributed by atoms with Gasteiger partial charge in [-0.1, -0.05) is 6.07 Å². The molecule has 1 heterocycles. The second-order valence-electron chi connectivity index (χ2n) is 5.96. The highest BCUT2D eigenvalue weighted by Crippen LogP contribution is 2.16. The Kier molecular flexibility index (Phi) is 5.74. The van der Waals surface area contributed by atoms with E-state index in [1.807, 2.05) is 14.1 Å². The molecule has 0 aliphatic carbocycles. The molecule has 1 aromatic carbocycles. The Hall–Kier alpha value is -1.48. The molecule has 1 fully saturated rings. The summed E-state index contributed by atoms with van der Waals surface area (Å²) in [6.45, 7) is 4.47. The fraction of sp³-hybridized carbons (Fsp3) is 0.533. The molecule has 1 saturated heterocycles. The van der Waals surface area contributed by atoms with Gasteiger partial charge in [-0.2, -0.15) is 0 Å². The molecule has 1 aliphatic rings. The molecular formula is C15H24N4O3S. The van der Waals surface area contributed by atoms with Crippen LogP contribution in [0.25, 0.3) is 0 Å². The minimum atomic E-state index is -3.61. The SMILES string of the molecule is CC(=O)Nc1cccc(S(=O)(=O)NCC2CN(C)CCN2C)c1. The topological polar surface area (TPSA) is 81.7 Å². The lowest BCUT2D eigenvalue weighted by molar-refractivity contribution is -0.114. The molecule has 1 unspecified atom stereocenters. The van der Waals surface area contributed by atoms with Gasteiger partial charge in [0.25, 0.3) is 0 Å². The van der Waals surface area contributed by atoms with Crippen LogP contribution in [0, 0.1) is 0 Å². The number of likely N-dealkylation sites (N-methyl/N-ethyl adjacent to an activating group) is 2. The minimum absolute atomic E-state index is 0.141. The summed E-state index contributed by atoms with van der Waals surface area (Å²) in [6.07, 6.45) is 0. The Morgan fingerprint density at radius 1 is 1.30 bits per heavy atom. The predicted molar refractivity (Wildman–Crippen MR) is 89.8 cm³/mol. The van der Waals surface area contributed by atoms with E-state index in [1.54, 1.807) is 12.1 Å². The molecule has 1 amide bonds. The first-order chi connectivity index (χ1) is 10.8. The highest BCUT2D eigenvalue weighted by atomic mass is 32.2. The van der Waals surface area contributed by atoms with Crippen LogP contribution in [0.2, 0.25) is 0 Å². The van der Waals surface area contributed by atoms with Crippen molar-refractivity contribution in [2.24, 2.45) is 0 Å². The van der Waals surface area contributed by atoms with Gasteiger partial charge in [-0.25, -0.2) is 13.1 Å². The lowest BCUT2D eigenvalue weighted by Gasteiger charge is -2.37. The van der Waals surface area contributed by atoms with E-state index >= 15 is 0 Å². The van der Waals surface area contributed by atoms with Gasteiger partial charge in [-0.15, -0.1) is 0 Å². The number of piperazine rings is 1. The maximum Gasteiger partial charge on any atom is 0.240 e. The zero-order valence-electron chi connectivity index (χ0n) is 13.7. The first-order valence-corrected chi connectivity index (χ1v) is 9.02. The van der Waals surface area contributed by atoms with Crippen LogP contribution in [-0.2, 0) is 14.8 Å². The van der Waals surface area contributed by atoms with Gasteiger partial charge in [0.2, 0.25) is 15.9 Å². The molecule has 7 nitrogen and oxygen atoms in total. The Balaban J connectivity index is 2.05. The third-order valence-corrected chi connectivity index (χ3v) is 5.38. The van der Waals surface area contributed by atoms with Crippen molar-refractivity contribution in [1.29, 1.82) is 0 Å². The van der Waals surface area contributed by atoms with Crippen molar-refractivity contribution in [3.63, 3.8) is 0 Å². The molecule has 2 N–H and O–H groups in total. The van der Waals surface area contributed by atoms with Gasteiger partial charge < -0.3 is 10.2 Å². The summed E-state index contributed by atoms with van der Waals surface area (Å²) in [5, 5.41) is 2.59. The summed E-state index contributed by atoms with van der Waals surface area (Å²) in [5.41, 5.74) is 0.467. The molecule has 128 valence electrons. The van der Waals surface area contributed by atoms with Gasteiger partial charge >= 0.3 is 0 Å². The van der Waals surface area contributed by atoms with E-state index in [0.717, 1.165) is 19.6 Å². The number of benzene rings is 1. The Bertz CT molecular complexity index is 662. The van der Waals surface area contributed by atoms with Crippen molar-refractivity contribution >= 4 is 21.6 Å². The van der Waals surface area contributed by atoms with Gasteiger partial charge in [0, 0.05) is 44.8 Å². The number of carbonyl (C=O) groups is 1. The monoisotopic (exact) mass is 340 g/mol. The average Bonchev–Trinajstić information content (AvgIpc) is 2.48. The lowest BCUT2D eigenvalue weighted by atomic mass is 10.2. The largest absolute Gasteiger partial charge is 0.326 e. The number of hydrogen-bond acceptors (Lipinski definition) is 5. The van der Waals surface area contributed by atoms with Crippen LogP contribution in [0.4, 0.5) is 5.69 Å². The van der Waals surface area contributed by atoms with E-state index < -0.39 is 10.0 Å². The van der Waals surface area contributed by atoms with Crippen molar-refractivity contribution in [3.05, 3.63) is 24.3 Å². The Labute approximate surface area is 137 Å². The Morgan fingerprint density at radius 2 is 2.04 bits per heavy atom. The summed E-state index contributed by atoms with van der Waals surface area (Å²) in [5.74, 6) is -0.237.